The molecule has 11 heteroatoms. The van der Waals surface area contributed by atoms with Gasteiger partial charge in [0, 0.05) is 0 Å². The van der Waals surface area contributed by atoms with E-state index in [2.05, 4.69) is 0 Å². The zero-order chi connectivity index (χ0) is 19.4. The number of thioether (sulfide) groups is 1. The fourth-order valence-electron chi connectivity index (χ4n) is 2.02. The first-order valence-electron chi connectivity index (χ1n) is 6.92. The van der Waals surface area contributed by atoms with Gasteiger partial charge in [0.05, 0.1) is 17.0 Å². The van der Waals surface area contributed by atoms with Gasteiger partial charge in [-0.3, -0.25) is 19.3 Å². The van der Waals surface area contributed by atoms with Gasteiger partial charge in [0.15, 0.2) is 18.1 Å². The lowest BCUT2D eigenvalue weighted by molar-refractivity contribution is -0.140. The Hall–Kier alpha value is -2.72. The normalized spacial score (nSPS) is 15.5. The lowest BCUT2D eigenvalue weighted by Crippen LogP contribution is -2.33. The van der Waals surface area contributed by atoms with Crippen LogP contribution in [0.3, 0.4) is 0 Å². The summed E-state index contributed by atoms with van der Waals surface area (Å²) in [6.45, 7) is -1.35. The van der Waals surface area contributed by atoms with Gasteiger partial charge < -0.3 is 19.7 Å². The van der Waals surface area contributed by atoms with Gasteiger partial charge in [-0.05, 0) is 35.5 Å². The second-order valence-electron chi connectivity index (χ2n) is 4.88. The smallest absolute Gasteiger partial charge is 0.341 e. The van der Waals surface area contributed by atoms with Gasteiger partial charge in [0.2, 0.25) is 0 Å². The van der Waals surface area contributed by atoms with Gasteiger partial charge in [0.1, 0.15) is 6.54 Å². The molecule has 0 aliphatic carbocycles. The number of imide groups is 1. The minimum absolute atomic E-state index is 0.0210. The molecule has 0 radical (unpaired) electrons. The molecule has 0 bridgehead atoms. The Morgan fingerprint density at radius 1 is 1.27 bits per heavy atom. The SMILES string of the molecule is COc1cc(/C=C2/SC(=O)N(CC(=O)O)C2=O)cc(Cl)c1OCC(=O)O. The molecule has 1 aliphatic rings. The third-order valence-corrected chi connectivity index (χ3v) is 4.24. The Kier molecular flexibility index (Phi) is 6.11. The molecule has 0 atom stereocenters. The summed E-state index contributed by atoms with van der Waals surface area (Å²) in [5.74, 6) is -3.08. The average Bonchev–Trinajstić information content (AvgIpc) is 2.80. The summed E-state index contributed by atoms with van der Waals surface area (Å²) in [5.41, 5.74) is 0.385. The van der Waals surface area contributed by atoms with Crippen LogP contribution in [0.5, 0.6) is 11.5 Å². The first-order chi connectivity index (χ1) is 12.2. The highest BCUT2D eigenvalue weighted by molar-refractivity contribution is 8.18. The fourth-order valence-corrected chi connectivity index (χ4v) is 3.13. The first kappa shape index (κ1) is 19.6. The van der Waals surface area contributed by atoms with E-state index in [1.807, 2.05) is 0 Å². The van der Waals surface area contributed by atoms with E-state index in [-0.39, 0.29) is 21.4 Å². The van der Waals surface area contributed by atoms with Gasteiger partial charge >= 0.3 is 11.9 Å². The summed E-state index contributed by atoms with van der Waals surface area (Å²) in [4.78, 5) is 45.9. The molecule has 1 aromatic carbocycles. The van der Waals surface area contributed by atoms with Crippen molar-refractivity contribution in [2.45, 2.75) is 0 Å². The number of hydrogen-bond donors (Lipinski definition) is 2. The van der Waals surface area contributed by atoms with Crippen molar-refractivity contribution in [3.05, 3.63) is 27.6 Å². The Morgan fingerprint density at radius 3 is 2.54 bits per heavy atom. The van der Waals surface area contributed by atoms with Crippen molar-refractivity contribution in [1.82, 2.24) is 4.90 Å². The third-order valence-electron chi connectivity index (χ3n) is 3.06. The minimum atomic E-state index is -1.31. The largest absolute Gasteiger partial charge is 0.493 e. The monoisotopic (exact) mass is 401 g/mol. The maximum atomic E-state index is 12.1. The van der Waals surface area contributed by atoms with E-state index >= 15 is 0 Å². The number of benzene rings is 1. The van der Waals surface area contributed by atoms with Crippen LogP contribution in [0.4, 0.5) is 4.79 Å². The highest BCUT2D eigenvalue weighted by Gasteiger charge is 2.36. The number of ether oxygens (including phenoxy) is 2. The highest BCUT2D eigenvalue weighted by atomic mass is 35.5. The molecule has 2 rings (SSSR count). The Bertz CT molecular complexity index is 822. The lowest BCUT2D eigenvalue weighted by atomic mass is 10.1. The van der Waals surface area contributed by atoms with Gasteiger partial charge in [-0.15, -0.1) is 0 Å². The summed E-state index contributed by atoms with van der Waals surface area (Å²) in [6, 6.07) is 2.83. The van der Waals surface area contributed by atoms with Crippen molar-refractivity contribution in [3.8, 4) is 11.5 Å². The maximum absolute atomic E-state index is 12.1. The van der Waals surface area contributed by atoms with Crippen LogP contribution in [0.2, 0.25) is 5.02 Å². The number of carboxylic acids is 2. The van der Waals surface area contributed by atoms with Gasteiger partial charge in [-0.1, -0.05) is 11.6 Å². The predicted molar refractivity (Wildman–Crippen MR) is 91.4 cm³/mol. The topological polar surface area (TPSA) is 130 Å². The molecule has 1 fully saturated rings. The summed E-state index contributed by atoms with van der Waals surface area (Å²) < 4.78 is 10.2. The van der Waals surface area contributed by atoms with Crippen molar-refractivity contribution < 1.29 is 38.9 Å². The molecule has 1 saturated heterocycles. The summed E-state index contributed by atoms with van der Waals surface area (Å²) in [7, 11) is 1.32. The molecular weight excluding hydrogens is 390 g/mol. The second kappa shape index (κ2) is 8.11. The number of aliphatic carboxylic acids is 2. The summed E-state index contributed by atoms with van der Waals surface area (Å²) >= 11 is 6.67. The van der Waals surface area contributed by atoms with Crippen LogP contribution < -0.4 is 9.47 Å². The molecule has 2 N–H and O–H groups in total. The summed E-state index contributed by atoms with van der Waals surface area (Å²) in [5, 5.41) is 16.8. The molecular formula is C15H12ClNO8S. The zero-order valence-electron chi connectivity index (χ0n) is 13.2. The quantitative estimate of drug-likeness (QED) is 0.658. The van der Waals surface area contributed by atoms with E-state index in [1.165, 1.54) is 25.3 Å². The van der Waals surface area contributed by atoms with Crippen molar-refractivity contribution in [2.24, 2.45) is 0 Å². The summed E-state index contributed by atoms with van der Waals surface area (Å²) in [6.07, 6.45) is 1.35. The average molecular weight is 402 g/mol. The van der Waals surface area contributed by atoms with Crippen LogP contribution in [0.25, 0.3) is 6.08 Å². The number of amides is 2. The lowest BCUT2D eigenvalue weighted by Gasteiger charge is -2.12. The first-order valence-corrected chi connectivity index (χ1v) is 8.11. The minimum Gasteiger partial charge on any atom is -0.493 e. The zero-order valence-corrected chi connectivity index (χ0v) is 14.8. The standard InChI is InChI=1S/C15H12ClNO8S/c1-24-9-3-7(2-8(16)13(9)25-6-12(20)21)4-10-14(22)17(5-11(18)19)15(23)26-10/h2-4H,5-6H2,1H3,(H,18,19)(H,20,21)/b10-4+. The molecule has 0 unspecified atom stereocenters. The van der Waals surface area contributed by atoms with Crippen LogP contribution in [-0.2, 0) is 14.4 Å². The molecule has 0 aromatic heterocycles. The maximum Gasteiger partial charge on any atom is 0.341 e. The predicted octanol–water partition coefficient (Wildman–Crippen LogP) is 1.93. The molecule has 1 aliphatic heterocycles. The van der Waals surface area contributed by atoms with E-state index in [0.29, 0.717) is 22.2 Å². The fraction of sp³-hybridized carbons (Fsp3) is 0.200. The number of halogens is 1. The van der Waals surface area contributed by atoms with Crippen molar-refractivity contribution in [1.29, 1.82) is 0 Å². The Morgan fingerprint density at radius 2 is 1.96 bits per heavy atom. The van der Waals surface area contributed by atoms with Crippen molar-refractivity contribution >= 4 is 52.5 Å². The molecule has 0 spiro atoms. The molecule has 9 nitrogen and oxygen atoms in total. The molecule has 26 heavy (non-hydrogen) atoms. The van der Waals surface area contributed by atoms with Crippen molar-refractivity contribution in [2.75, 3.05) is 20.3 Å². The van der Waals surface area contributed by atoms with E-state index < -0.39 is 36.2 Å². The van der Waals surface area contributed by atoms with Gasteiger partial charge in [-0.25, -0.2) is 4.79 Å². The van der Waals surface area contributed by atoms with E-state index in [1.54, 1.807) is 0 Å². The molecule has 0 saturated carbocycles. The molecule has 138 valence electrons. The van der Waals surface area contributed by atoms with E-state index in [0.717, 1.165) is 0 Å². The number of hydrogen-bond acceptors (Lipinski definition) is 7. The molecule has 2 amide bonds. The number of rotatable bonds is 7. The second-order valence-corrected chi connectivity index (χ2v) is 6.28. The van der Waals surface area contributed by atoms with Crippen LogP contribution in [0.15, 0.2) is 17.0 Å². The van der Waals surface area contributed by atoms with Crippen LogP contribution >= 0.6 is 23.4 Å². The number of carbonyl (C=O) groups excluding carboxylic acids is 2. The van der Waals surface area contributed by atoms with E-state index in [4.69, 9.17) is 31.3 Å². The highest BCUT2D eigenvalue weighted by Crippen LogP contribution is 2.38. The number of carbonyl (C=O) groups is 4. The van der Waals surface area contributed by atoms with Crippen LogP contribution in [0, 0.1) is 0 Å². The molecule has 1 heterocycles. The third kappa shape index (κ3) is 4.46. The van der Waals surface area contributed by atoms with Crippen molar-refractivity contribution in [3.63, 3.8) is 0 Å². The Balaban J connectivity index is 2.32. The van der Waals surface area contributed by atoms with E-state index in [9.17, 15) is 19.2 Å². The van der Waals surface area contributed by atoms with Crippen LogP contribution in [0.1, 0.15) is 5.56 Å². The van der Waals surface area contributed by atoms with Crippen LogP contribution in [-0.4, -0.2) is 58.5 Å². The number of carboxylic acid groups (broad SMARTS) is 2. The van der Waals surface area contributed by atoms with Gasteiger partial charge in [0.25, 0.3) is 11.1 Å². The van der Waals surface area contributed by atoms with Gasteiger partial charge in [-0.2, -0.15) is 0 Å². The number of methoxy groups -OCH3 is 1. The molecule has 1 aromatic rings. The number of nitrogens with zero attached hydrogens (tertiary/aromatic N) is 1. The Labute approximate surface area is 156 Å².